The van der Waals surface area contributed by atoms with Gasteiger partial charge >= 0.3 is 0 Å². The molecule has 9 nitrogen and oxygen atoms in total. The molecule has 4 aromatic rings. The Morgan fingerprint density at radius 2 is 1.64 bits per heavy atom. The maximum atomic E-state index is 12.5. The number of anilines is 1. The highest BCUT2D eigenvalue weighted by Gasteiger charge is 2.17. The van der Waals surface area contributed by atoms with Gasteiger partial charge in [-0.15, -0.1) is 10.2 Å². The molecule has 1 heterocycles. The van der Waals surface area contributed by atoms with E-state index in [9.17, 15) is 9.59 Å². The standard InChI is InChI=1S/C25H22ClN5O4S/c1-34-20-12-8-19(9-13-20)31-22(14-35-21-10-4-17(26)5-11-21)29-30-25(31)36-15-23(32)28-18-6-2-16(3-7-18)24(27)33/h2-13H,14-15H2,1H3,(H2,27,33)(H,28,32). The Balaban J connectivity index is 1.49. The monoisotopic (exact) mass is 523 g/mol. The van der Waals surface area contributed by atoms with Crippen molar-refractivity contribution in [2.24, 2.45) is 5.73 Å². The van der Waals surface area contributed by atoms with Gasteiger partial charge in [-0.05, 0) is 72.8 Å². The molecule has 0 radical (unpaired) electrons. The zero-order valence-corrected chi connectivity index (χ0v) is 20.8. The Morgan fingerprint density at radius 1 is 0.972 bits per heavy atom. The number of rotatable bonds is 10. The number of primary amides is 1. The molecule has 2 amide bonds. The molecule has 0 aliphatic heterocycles. The van der Waals surface area contributed by atoms with Crippen LogP contribution in [0.1, 0.15) is 16.2 Å². The first-order chi connectivity index (χ1) is 17.4. The normalized spacial score (nSPS) is 10.6. The lowest BCUT2D eigenvalue weighted by molar-refractivity contribution is -0.113. The van der Waals surface area contributed by atoms with Gasteiger partial charge in [0.1, 0.15) is 18.1 Å². The number of nitrogens with two attached hydrogens (primary N) is 1. The second kappa shape index (κ2) is 11.6. The number of nitrogens with one attached hydrogen (secondary N) is 1. The van der Waals surface area contributed by atoms with Crippen molar-refractivity contribution in [2.45, 2.75) is 11.8 Å². The van der Waals surface area contributed by atoms with E-state index in [2.05, 4.69) is 15.5 Å². The van der Waals surface area contributed by atoms with Crippen molar-refractivity contribution < 1.29 is 19.1 Å². The average molecular weight is 524 g/mol. The number of aromatic nitrogens is 3. The molecule has 0 aliphatic rings. The topological polar surface area (TPSA) is 121 Å². The van der Waals surface area contributed by atoms with E-state index in [1.165, 1.54) is 11.8 Å². The van der Waals surface area contributed by atoms with Gasteiger partial charge in [0.05, 0.1) is 12.9 Å². The van der Waals surface area contributed by atoms with Crippen molar-refractivity contribution in [3.8, 4) is 17.2 Å². The maximum absolute atomic E-state index is 12.5. The number of ether oxygens (including phenoxy) is 2. The van der Waals surface area contributed by atoms with Crippen molar-refractivity contribution >= 4 is 40.9 Å². The Morgan fingerprint density at radius 3 is 2.28 bits per heavy atom. The number of nitrogens with zero attached hydrogens (tertiary/aromatic N) is 3. The number of benzene rings is 3. The fraction of sp³-hybridized carbons (Fsp3) is 0.120. The summed E-state index contributed by atoms with van der Waals surface area (Å²) in [5, 5.41) is 12.5. The number of thioether (sulfide) groups is 1. The van der Waals surface area contributed by atoms with Crippen LogP contribution in [0.4, 0.5) is 5.69 Å². The van der Waals surface area contributed by atoms with Crippen molar-refractivity contribution in [3.05, 3.63) is 89.2 Å². The molecule has 0 atom stereocenters. The number of carbonyl (C=O) groups excluding carboxylic acids is 2. The van der Waals surface area contributed by atoms with Gasteiger partial charge in [-0.25, -0.2) is 0 Å². The minimum atomic E-state index is -0.530. The van der Waals surface area contributed by atoms with Crippen LogP contribution in [0.3, 0.4) is 0 Å². The Bertz CT molecular complexity index is 1340. The largest absolute Gasteiger partial charge is 0.497 e. The molecule has 184 valence electrons. The summed E-state index contributed by atoms with van der Waals surface area (Å²) < 4.78 is 13.0. The van der Waals surface area contributed by atoms with Crippen LogP contribution in [0.25, 0.3) is 5.69 Å². The summed E-state index contributed by atoms with van der Waals surface area (Å²) in [7, 11) is 1.60. The van der Waals surface area contributed by atoms with Crippen LogP contribution >= 0.6 is 23.4 Å². The molecule has 0 unspecified atom stereocenters. The quantitative estimate of drug-likeness (QED) is 0.296. The summed E-state index contributed by atoms with van der Waals surface area (Å²) in [6.45, 7) is 0.152. The van der Waals surface area contributed by atoms with E-state index in [0.717, 1.165) is 5.69 Å². The highest BCUT2D eigenvalue weighted by atomic mass is 35.5. The van der Waals surface area contributed by atoms with E-state index in [4.69, 9.17) is 26.8 Å². The second-order valence-electron chi connectivity index (χ2n) is 7.45. The molecule has 1 aromatic heterocycles. The van der Waals surface area contributed by atoms with Crippen LogP contribution in [0, 0.1) is 0 Å². The Hall–Kier alpha value is -4.02. The van der Waals surface area contributed by atoms with Crippen molar-refractivity contribution in [3.63, 3.8) is 0 Å². The molecular weight excluding hydrogens is 502 g/mol. The first kappa shape index (κ1) is 25.1. The SMILES string of the molecule is COc1ccc(-n2c(COc3ccc(Cl)cc3)nnc2SCC(=O)Nc2ccc(C(N)=O)cc2)cc1. The minimum absolute atomic E-state index is 0.0872. The Kier molecular flexibility index (Phi) is 8.09. The van der Waals surface area contributed by atoms with Crippen LogP contribution in [0.15, 0.2) is 78.0 Å². The predicted molar refractivity (Wildman–Crippen MR) is 138 cm³/mol. The molecular formula is C25H22ClN5O4S. The molecule has 3 aromatic carbocycles. The molecule has 0 aliphatic carbocycles. The van der Waals surface area contributed by atoms with E-state index >= 15 is 0 Å². The second-order valence-corrected chi connectivity index (χ2v) is 8.83. The summed E-state index contributed by atoms with van der Waals surface area (Å²) in [5.74, 6) is 1.22. The lowest BCUT2D eigenvalue weighted by Gasteiger charge is -2.12. The van der Waals surface area contributed by atoms with E-state index in [1.54, 1.807) is 55.6 Å². The summed E-state index contributed by atoms with van der Waals surface area (Å²) >= 11 is 7.18. The van der Waals surface area contributed by atoms with Gasteiger partial charge in [-0.3, -0.25) is 14.2 Å². The maximum Gasteiger partial charge on any atom is 0.248 e. The average Bonchev–Trinajstić information content (AvgIpc) is 3.30. The van der Waals surface area contributed by atoms with Crippen molar-refractivity contribution in [2.75, 3.05) is 18.2 Å². The lowest BCUT2D eigenvalue weighted by Crippen LogP contribution is -2.15. The van der Waals surface area contributed by atoms with Gasteiger partial charge in [-0.2, -0.15) is 0 Å². The number of hydrogen-bond acceptors (Lipinski definition) is 7. The zero-order chi connectivity index (χ0) is 25.5. The number of hydrogen-bond donors (Lipinski definition) is 2. The first-order valence-electron chi connectivity index (χ1n) is 10.7. The number of carbonyl (C=O) groups is 2. The third-order valence-electron chi connectivity index (χ3n) is 5.00. The summed E-state index contributed by atoms with van der Waals surface area (Å²) in [4.78, 5) is 23.8. The van der Waals surface area contributed by atoms with Crippen LogP contribution in [-0.2, 0) is 11.4 Å². The number of methoxy groups -OCH3 is 1. The Labute approximate surface area is 216 Å². The highest BCUT2D eigenvalue weighted by molar-refractivity contribution is 7.99. The van der Waals surface area contributed by atoms with Crippen molar-refractivity contribution in [1.29, 1.82) is 0 Å². The number of halogens is 1. The van der Waals surface area contributed by atoms with Crippen LogP contribution < -0.4 is 20.5 Å². The molecule has 0 saturated heterocycles. The third kappa shape index (κ3) is 6.35. The van der Waals surface area contributed by atoms with Crippen molar-refractivity contribution in [1.82, 2.24) is 14.8 Å². The first-order valence-corrected chi connectivity index (χ1v) is 12.1. The van der Waals surface area contributed by atoms with Gasteiger partial charge in [-0.1, -0.05) is 23.4 Å². The molecule has 36 heavy (non-hydrogen) atoms. The van der Waals surface area contributed by atoms with Gasteiger partial charge < -0.3 is 20.5 Å². The van der Waals surface area contributed by atoms with Crippen LogP contribution in [0.2, 0.25) is 5.02 Å². The molecule has 0 spiro atoms. The molecule has 11 heteroatoms. The zero-order valence-electron chi connectivity index (χ0n) is 19.2. The van der Waals surface area contributed by atoms with Gasteiger partial charge in [0, 0.05) is 22.0 Å². The van der Waals surface area contributed by atoms with Crippen LogP contribution in [0.5, 0.6) is 11.5 Å². The predicted octanol–water partition coefficient (Wildman–Crippen LogP) is 4.34. The van der Waals surface area contributed by atoms with Gasteiger partial charge in [0.15, 0.2) is 11.0 Å². The molecule has 4 rings (SSSR count). The smallest absolute Gasteiger partial charge is 0.248 e. The van der Waals surface area contributed by atoms with Crippen LogP contribution in [-0.4, -0.2) is 39.4 Å². The fourth-order valence-corrected chi connectivity index (χ4v) is 4.10. The van der Waals surface area contributed by atoms with Gasteiger partial charge in [0.25, 0.3) is 0 Å². The number of amides is 2. The summed E-state index contributed by atoms with van der Waals surface area (Å²) in [5.41, 5.74) is 6.96. The fourth-order valence-electron chi connectivity index (χ4n) is 3.20. The minimum Gasteiger partial charge on any atom is -0.497 e. The molecule has 0 fully saturated rings. The van der Waals surface area contributed by atoms with E-state index in [1.807, 2.05) is 28.8 Å². The highest BCUT2D eigenvalue weighted by Crippen LogP contribution is 2.25. The summed E-state index contributed by atoms with van der Waals surface area (Å²) in [6, 6.07) is 20.8. The lowest BCUT2D eigenvalue weighted by atomic mass is 10.2. The molecule has 3 N–H and O–H groups in total. The van der Waals surface area contributed by atoms with Gasteiger partial charge in [0.2, 0.25) is 11.8 Å². The van der Waals surface area contributed by atoms with E-state index < -0.39 is 5.91 Å². The molecule has 0 bridgehead atoms. The molecule has 0 saturated carbocycles. The van der Waals surface area contributed by atoms with E-state index in [0.29, 0.717) is 38.8 Å². The third-order valence-corrected chi connectivity index (χ3v) is 6.18. The summed E-state index contributed by atoms with van der Waals surface area (Å²) in [6.07, 6.45) is 0. The van der Waals surface area contributed by atoms with E-state index in [-0.39, 0.29) is 18.3 Å².